The first-order valence-corrected chi connectivity index (χ1v) is 8.31. The van der Waals surface area contributed by atoms with Crippen LogP contribution in [-0.4, -0.2) is 18.8 Å². The number of fused-ring (bicyclic) bond motifs is 1. The van der Waals surface area contributed by atoms with Crippen molar-refractivity contribution in [2.24, 2.45) is 5.10 Å². The summed E-state index contributed by atoms with van der Waals surface area (Å²) in [7, 11) is 2.16. The van der Waals surface area contributed by atoms with Crippen LogP contribution in [0.15, 0.2) is 53.6 Å². The fraction of sp³-hybridized carbons (Fsp3) is 0.286. The Morgan fingerprint density at radius 3 is 2.50 bits per heavy atom. The molecule has 0 saturated carbocycles. The number of rotatable bonds is 3. The molecule has 0 amide bonds. The average Bonchev–Trinajstić information content (AvgIpc) is 2.54. The number of allylic oxidation sites excluding steroid dienone is 1. The molecule has 0 bridgehead atoms. The first kappa shape index (κ1) is 16.3. The van der Waals surface area contributed by atoms with Gasteiger partial charge in [-0.05, 0) is 68.7 Å². The third-order valence-electron chi connectivity index (χ3n) is 4.78. The van der Waals surface area contributed by atoms with Crippen molar-refractivity contribution in [3.8, 4) is 0 Å². The predicted octanol–water partition coefficient (Wildman–Crippen LogP) is 5.07. The van der Waals surface area contributed by atoms with Gasteiger partial charge >= 0.3 is 0 Å². The van der Waals surface area contributed by atoms with Crippen molar-refractivity contribution in [3.63, 3.8) is 0 Å². The number of nitrogens with zero attached hydrogens (tertiary/aromatic N) is 2. The Labute approximate surface area is 144 Å². The Morgan fingerprint density at radius 1 is 1.08 bits per heavy atom. The lowest BCUT2D eigenvalue weighted by Gasteiger charge is -2.41. The highest BCUT2D eigenvalue weighted by atomic mass is 15.3. The number of hydrazone groups is 1. The van der Waals surface area contributed by atoms with E-state index in [9.17, 15) is 0 Å². The number of likely N-dealkylation sites (N-methyl/N-ethyl adjacent to an activating group) is 1. The number of benzene rings is 2. The summed E-state index contributed by atoms with van der Waals surface area (Å²) in [5.41, 5.74) is 10.3. The molecule has 2 aromatic rings. The molecule has 24 heavy (non-hydrogen) atoms. The molecule has 0 radical (unpaired) electrons. The lowest BCUT2D eigenvalue weighted by molar-refractivity contribution is 0.597. The van der Waals surface area contributed by atoms with E-state index in [1.54, 1.807) is 0 Å². The second-order valence-electron chi connectivity index (χ2n) is 7.00. The minimum Gasteiger partial charge on any atom is -0.365 e. The molecule has 0 aromatic heterocycles. The van der Waals surface area contributed by atoms with E-state index in [2.05, 4.69) is 68.4 Å². The van der Waals surface area contributed by atoms with Gasteiger partial charge in [0.1, 0.15) is 0 Å². The van der Waals surface area contributed by atoms with E-state index < -0.39 is 0 Å². The predicted molar refractivity (Wildman–Crippen MR) is 105 cm³/mol. The van der Waals surface area contributed by atoms with E-state index in [4.69, 9.17) is 0 Å². The van der Waals surface area contributed by atoms with E-state index in [0.29, 0.717) is 0 Å². The Morgan fingerprint density at radius 2 is 1.79 bits per heavy atom. The second kappa shape index (κ2) is 6.16. The summed E-state index contributed by atoms with van der Waals surface area (Å²) in [4.78, 5) is 2.34. The molecule has 0 saturated heterocycles. The lowest BCUT2D eigenvalue weighted by atomic mass is 9.87. The Kier molecular flexibility index (Phi) is 4.18. The minimum atomic E-state index is 0.0357. The molecule has 1 N–H and O–H groups in total. The molecule has 124 valence electrons. The summed E-state index contributed by atoms with van der Waals surface area (Å²) in [5.74, 6) is 0. The molecule has 0 atom stereocenters. The maximum Gasteiger partial charge on any atom is 0.0561 e. The molecule has 1 heterocycles. The van der Waals surface area contributed by atoms with Crippen LogP contribution in [0.1, 0.15) is 37.5 Å². The first-order valence-electron chi connectivity index (χ1n) is 8.31. The Balaban J connectivity index is 1.91. The number of anilines is 2. The molecule has 0 unspecified atom stereocenters. The average molecular weight is 319 g/mol. The second-order valence-corrected chi connectivity index (χ2v) is 7.00. The topological polar surface area (TPSA) is 27.6 Å². The van der Waals surface area contributed by atoms with Crippen molar-refractivity contribution < 1.29 is 0 Å². The van der Waals surface area contributed by atoms with Crippen LogP contribution in [-0.2, 0) is 0 Å². The van der Waals surface area contributed by atoms with Crippen LogP contribution in [0.25, 0.3) is 5.57 Å². The maximum atomic E-state index is 4.39. The summed E-state index contributed by atoms with van der Waals surface area (Å²) in [6.45, 7) is 8.81. The smallest absolute Gasteiger partial charge is 0.0561 e. The standard InChI is InChI=1S/C21H25N3/c1-15-11-20-19(16(2)13-21(3,4)24(20)5)12-17(15)14-22-23-18-9-7-6-8-10-18/h6-14,23H,1-5H3/b22-14-. The highest BCUT2D eigenvalue weighted by molar-refractivity contribution is 5.89. The van der Waals surface area contributed by atoms with Gasteiger partial charge in [0.05, 0.1) is 17.4 Å². The van der Waals surface area contributed by atoms with Gasteiger partial charge in [0.25, 0.3) is 0 Å². The molecule has 0 spiro atoms. The largest absolute Gasteiger partial charge is 0.365 e. The molecular formula is C21H25N3. The van der Waals surface area contributed by atoms with Crippen molar-refractivity contribution in [3.05, 3.63) is 65.2 Å². The van der Waals surface area contributed by atoms with E-state index >= 15 is 0 Å². The summed E-state index contributed by atoms with van der Waals surface area (Å²) in [5, 5.41) is 4.39. The maximum absolute atomic E-state index is 4.39. The third kappa shape index (κ3) is 3.07. The van der Waals surface area contributed by atoms with Crippen LogP contribution >= 0.6 is 0 Å². The van der Waals surface area contributed by atoms with Crippen LogP contribution in [0.4, 0.5) is 11.4 Å². The zero-order valence-electron chi connectivity index (χ0n) is 15.1. The number of hydrogen-bond donors (Lipinski definition) is 1. The normalized spacial score (nSPS) is 16.0. The van der Waals surface area contributed by atoms with Crippen LogP contribution in [0.2, 0.25) is 0 Å². The van der Waals surface area contributed by atoms with Gasteiger partial charge in [-0.1, -0.05) is 24.3 Å². The molecular weight excluding hydrogens is 294 g/mol. The summed E-state index contributed by atoms with van der Waals surface area (Å²) >= 11 is 0. The van der Waals surface area contributed by atoms with Crippen molar-refractivity contribution in [2.45, 2.75) is 33.2 Å². The van der Waals surface area contributed by atoms with Crippen molar-refractivity contribution in [1.29, 1.82) is 0 Å². The van der Waals surface area contributed by atoms with Crippen LogP contribution in [0.3, 0.4) is 0 Å². The van der Waals surface area contributed by atoms with Crippen LogP contribution in [0, 0.1) is 6.92 Å². The Hall–Kier alpha value is -2.55. The fourth-order valence-corrected chi connectivity index (χ4v) is 3.15. The Bertz CT molecular complexity index is 801. The van der Waals surface area contributed by atoms with Crippen LogP contribution in [0.5, 0.6) is 0 Å². The molecule has 0 aliphatic carbocycles. The molecule has 1 aliphatic heterocycles. The first-order chi connectivity index (χ1) is 11.4. The molecule has 3 heteroatoms. The molecule has 2 aromatic carbocycles. The number of nitrogens with one attached hydrogen (secondary N) is 1. The SMILES string of the molecule is CC1=CC(C)(C)N(C)c2cc(C)c(/C=N\Nc3ccccc3)cc21. The summed E-state index contributed by atoms with van der Waals surface area (Å²) in [6, 6.07) is 14.5. The highest BCUT2D eigenvalue weighted by Crippen LogP contribution is 2.38. The zero-order valence-corrected chi connectivity index (χ0v) is 15.1. The number of para-hydroxylation sites is 1. The highest BCUT2D eigenvalue weighted by Gasteiger charge is 2.28. The molecule has 3 nitrogen and oxygen atoms in total. The van der Waals surface area contributed by atoms with E-state index in [1.165, 1.54) is 22.4 Å². The van der Waals surface area contributed by atoms with Crippen LogP contribution < -0.4 is 10.3 Å². The zero-order chi connectivity index (χ0) is 17.3. The third-order valence-corrected chi connectivity index (χ3v) is 4.78. The summed E-state index contributed by atoms with van der Waals surface area (Å²) < 4.78 is 0. The minimum absolute atomic E-state index is 0.0357. The monoisotopic (exact) mass is 319 g/mol. The molecule has 1 aliphatic rings. The lowest BCUT2D eigenvalue weighted by Crippen LogP contribution is -2.42. The van der Waals surface area contributed by atoms with Gasteiger partial charge in [-0.25, -0.2) is 0 Å². The summed E-state index contributed by atoms with van der Waals surface area (Å²) in [6.07, 6.45) is 4.23. The van der Waals surface area contributed by atoms with Gasteiger partial charge in [-0.2, -0.15) is 5.10 Å². The van der Waals surface area contributed by atoms with Crippen molar-refractivity contribution >= 4 is 23.2 Å². The van der Waals surface area contributed by atoms with Crippen molar-refractivity contribution in [2.75, 3.05) is 17.4 Å². The number of aryl methyl sites for hydroxylation is 1. The van der Waals surface area contributed by atoms with Gasteiger partial charge in [0.15, 0.2) is 0 Å². The van der Waals surface area contributed by atoms with Gasteiger partial charge in [-0.15, -0.1) is 0 Å². The van der Waals surface area contributed by atoms with Gasteiger partial charge < -0.3 is 4.90 Å². The van der Waals surface area contributed by atoms with Gasteiger partial charge in [0.2, 0.25) is 0 Å². The molecule has 3 rings (SSSR count). The van der Waals surface area contributed by atoms with E-state index in [0.717, 1.165) is 11.3 Å². The van der Waals surface area contributed by atoms with Gasteiger partial charge in [0, 0.05) is 18.3 Å². The molecule has 0 fully saturated rings. The number of hydrogen-bond acceptors (Lipinski definition) is 3. The quantitative estimate of drug-likeness (QED) is 0.631. The van der Waals surface area contributed by atoms with E-state index in [-0.39, 0.29) is 5.54 Å². The van der Waals surface area contributed by atoms with E-state index in [1.807, 2.05) is 36.5 Å². The van der Waals surface area contributed by atoms with Crippen molar-refractivity contribution in [1.82, 2.24) is 0 Å². The fourth-order valence-electron chi connectivity index (χ4n) is 3.15. The van der Waals surface area contributed by atoms with Gasteiger partial charge in [-0.3, -0.25) is 5.43 Å².